The van der Waals surface area contributed by atoms with Crippen LogP contribution >= 0.6 is 7.82 Å². The minimum absolute atomic E-state index is 0.0475. The average Bonchev–Trinajstić information content (AvgIpc) is 2.97. The van der Waals surface area contributed by atoms with Gasteiger partial charge in [0.25, 0.3) is 0 Å². The molecule has 0 aromatic carbocycles. The first kappa shape index (κ1) is 40.1. The van der Waals surface area contributed by atoms with Crippen molar-refractivity contribution in [1.82, 2.24) is 0 Å². The summed E-state index contributed by atoms with van der Waals surface area (Å²) in [6.07, 6.45) is 17.4. The molecule has 1 heterocycles. The summed E-state index contributed by atoms with van der Waals surface area (Å²) in [5.41, 5.74) is 3.75. The SMILES string of the molecule is CCC1C=CC(=O)O[C@H]1/C=C/[C@](O)(CCN)[C@@H](C[C@@H](O)/C=C\C=C\[C@@H]1CCC[C@H](OC(=O)CCCCCC(C)C)C1)OP(=O)(O)O. The van der Waals surface area contributed by atoms with Crippen LogP contribution in [0, 0.1) is 17.8 Å². The Kier molecular flexibility index (Phi) is 17.7. The van der Waals surface area contributed by atoms with Crippen LogP contribution < -0.4 is 5.73 Å². The summed E-state index contributed by atoms with van der Waals surface area (Å²) < 4.78 is 27.9. The summed E-state index contributed by atoms with van der Waals surface area (Å²) in [5, 5.41) is 22.2. The molecular weight excluding hydrogens is 613 g/mol. The van der Waals surface area contributed by atoms with Crippen molar-refractivity contribution in [2.45, 2.75) is 128 Å². The number of aliphatic hydroxyl groups excluding tert-OH is 1. The van der Waals surface area contributed by atoms with Crippen LogP contribution in [0.5, 0.6) is 0 Å². The Bertz CT molecular complexity index is 1100. The molecule has 1 aliphatic carbocycles. The summed E-state index contributed by atoms with van der Waals surface area (Å²) in [6.45, 7) is 6.26. The van der Waals surface area contributed by atoms with Crippen LogP contribution in [0.2, 0.25) is 0 Å². The van der Waals surface area contributed by atoms with Crippen molar-refractivity contribution in [1.29, 1.82) is 0 Å². The van der Waals surface area contributed by atoms with Crippen LogP contribution in [0.4, 0.5) is 0 Å². The molecule has 0 bridgehead atoms. The predicted octanol–water partition coefficient (Wildman–Crippen LogP) is 5.18. The quantitative estimate of drug-likeness (QED) is 0.0378. The van der Waals surface area contributed by atoms with E-state index in [0.717, 1.165) is 44.9 Å². The van der Waals surface area contributed by atoms with Crippen LogP contribution in [-0.2, 0) is 28.2 Å². The number of rotatable bonds is 20. The van der Waals surface area contributed by atoms with Crippen molar-refractivity contribution in [3.8, 4) is 0 Å². The third-order valence-electron chi connectivity index (χ3n) is 8.48. The number of unbranched alkanes of at least 4 members (excludes halogenated alkanes) is 2. The van der Waals surface area contributed by atoms with Gasteiger partial charge in [-0.1, -0.05) is 76.5 Å². The van der Waals surface area contributed by atoms with Crippen LogP contribution in [0.1, 0.15) is 97.8 Å². The first-order valence-electron chi connectivity index (χ1n) is 16.7. The van der Waals surface area contributed by atoms with Crippen LogP contribution in [0.25, 0.3) is 0 Å². The van der Waals surface area contributed by atoms with Crippen molar-refractivity contribution in [2.75, 3.05) is 6.54 Å². The normalized spacial score (nSPS) is 25.3. The number of allylic oxidation sites excluding steroid dienone is 3. The zero-order valence-corrected chi connectivity index (χ0v) is 28.5. The Hall–Kier alpha value is -2.11. The van der Waals surface area contributed by atoms with E-state index in [1.165, 1.54) is 30.7 Å². The van der Waals surface area contributed by atoms with Crippen molar-refractivity contribution in [2.24, 2.45) is 23.5 Å². The Morgan fingerprint density at radius 3 is 2.63 bits per heavy atom. The van der Waals surface area contributed by atoms with E-state index in [0.29, 0.717) is 18.8 Å². The number of aliphatic hydroxyl groups is 2. The topological polar surface area (TPSA) is 186 Å². The molecule has 6 N–H and O–H groups in total. The lowest BCUT2D eigenvalue weighted by atomic mass is 9.86. The number of esters is 2. The fourth-order valence-corrected chi connectivity index (χ4v) is 6.49. The minimum atomic E-state index is -5.08. The molecule has 46 heavy (non-hydrogen) atoms. The average molecular weight is 670 g/mol. The van der Waals surface area contributed by atoms with Gasteiger partial charge in [-0.05, 0) is 69.4 Å². The Morgan fingerprint density at radius 1 is 1.20 bits per heavy atom. The highest BCUT2D eigenvalue weighted by Crippen LogP contribution is 2.42. The summed E-state index contributed by atoms with van der Waals surface area (Å²) >= 11 is 0. The van der Waals surface area contributed by atoms with Crippen LogP contribution in [0.3, 0.4) is 0 Å². The van der Waals surface area contributed by atoms with E-state index < -0.39 is 37.7 Å². The number of phosphoric ester groups is 1. The number of nitrogens with two attached hydrogens (primary N) is 1. The van der Waals surface area contributed by atoms with E-state index in [9.17, 15) is 34.2 Å². The molecule has 0 radical (unpaired) electrons. The van der Waals surface area contributed by atoms with Gasteiger partial charge in [-0.2, -0.15) is 0 Å². The molecule has 2 aliphatic rings. The van der Waals surface area contributed by atoms with Crippen LogP contribution in [-0.4, -0.2) is 68.5 Å². The van der Waals surface area contributed by atoms with E-state index in [1.54, 1.807) is 18.2 Å². The monoisotopic (exact) mass is 669 g/mol. The number of carbonyl (C=O) groups excluding carboxylic acids is 2. The number of phosphoric acid groups is 1. The zero-order valence-electron chi connectivity index (χ0n) is 27.6. The van der Waals surface area contributed by atoms with Gasteiger partial charge in [-0.15, -0.1) is 0 Å². The summed E-state index contributed by atoms with van der Waals surface area (Å²) in [7, 11) is -5.08. The fraction of sp³-hybridized carbons (Fsp3) is 0.706. The van der Waals surface area contributed by atoms with Gasteiger partial charge in [-0.25, -0.2) is 9.36 Å². The predicted molar refractivity (Wildman–Crippen MR) is 176 cm³/mol. The highest BCUT2D eigenvalue weighted by molar-refractivity contribution is 7.46. The smallest absolute Gasteiger partial charge is 0.462 e. The molecule has 11 nitrogen and oxygen atoms in total. The molecule has 0 amide bonds. The first-order valence-corrected chi connectivity index (χ1v) is 18.2. The molecule has 1 saturated carbocycles. The van der Waals surface area contributed by atoms with E-state index in [4.69, 9.17) is 19.7 Å². The molecule has 7 atom stereocenters. The van der Waals surface area contributed by atoms with Gasteiger partial charge in [0, 0.05) is 24.8 Å². The van der Waals surface area contributed by atoms with Gasteiger partial charge in [0.1, 0.15) is 23.9 Å². The number of hydrogen-bond donors (Lipinski definition) is 5. The lowest BCUT2D eigenvalue weighted by Crippen LogP contribution is -2.45. The minimum Gasteiger partial charge on any atom is -0.462 e. The van der Waals surface area contributed by atoms with Gasteiger partial charge in [0.05, 0.1) is 6.10 Å². The molecular formula is C34H56NO10P. The Balaban J connectivity index is 1.98. The summed E-state index contributed by atoms with van der Waals surface area (Å²) in [5.74, 6) is 0.0638. The maximum atomic E-state index is 12.3. The summed E-state index contributed by atoms with van der Waals surface area (Å²) in [4.78, 5) is 43.3. The number of carbonyl (C=O) groups is 2. The molecule has 262 valence electrons. The number of ether oxygens (including phenoxy) is 2. The highest BCUT2D eigenvalue weighted by Gasteiger charge is 2.40. The molecule has 2 rings (SSSR count). The van der Waals surface area contributed by atoms with Gasteiger partial charge in [0.2, 0.25) is 0 Å². The Morgan fingerprint density at radius 2 is 1.96 bits per heavy atom. The first-order chi connectivity index (χ1) is 21.7. The molecule has 1 fully saturated rings. The number of hydrogen-bond acceptors (Lipinski definition) is 9. The second-order valence-electron chi connectivity index (χ2n) is 12.9. The maximum absolute atomic E-state index is 12.3. The largest absolute Gasteiger partial charge is 0.469 e. The standard InChI is InChI=1S/C34H56NO10P/c1-4-27-17-18-33(38)44-30(27)19-20-34(39,21-22-35)31(45-46(40,41)42)24-28(36)14-9-8-12-26-13-10-15-29(23-26)43-32(37)16-7-5-6-11-25(2)3/h8-9,12,14,17-20,25-31,36,39H,4-7,10-11,13,15-16,21-24,35H2,1-3H3,(H2,40,41,42)/b12-8+,14-9-,20-19+/t26-,27?,28+,29+,30+,31-,34+/m1/s1. The van der Waals surface area contributed by atoms with Gasteiger partial charge >= 0.3 is 19.8 Å². The lowest BCUT2D eigenvalue weighted by Gasteiger charge is -2.35. The van der Waals surface area contributed by atoms with Crippen molar-refractivity contribution < 1.29 is 48.2 Å². The highest BCUT2D eigenvalue weighted by atomic mass is 31.2. The van der Waals surface area contributed by atoms with Crippen LogP contribution in [0.15, 0.2) is 48.6 Å². The third kappa shape index (κ3) is 15.7. The molecule has 0 aromatic rings. The molecule has 1 aliphatic heterocycles. The lowest BCUT2D eigenvalue weighted by molar-refractivity contribution is -0.151. The van der Waals surface area contributed by atoms with Crippen molar-refractivity contribution >= 4 is 19.8 Å². The van der Waals surface area contributed by atoms with E-state index in [2.05, 4.69) is 13.8 Å². The molecule has 0 saturated heterocycles. The van der Waals surface area contributed by atoms with E-state index in [-0.39, 0.29) is 43.3 Å². The fourth-order valence-electron chi connectivity index (χ4n) is 5.89. The molecule has 0 spiro atoms. The second-order valence-corrected chi connectivity index (χ2v) is 14.1. The number of cyclic esters (lactones) is 1. The zero-order chi connectivity index (χ0) is 34.2. The van der Waals surface area contributed by atoms with Gasteiger partial charge in [-0.3, -0.25) is 9.32 Å². The van der Waals surface area contributed by atoms with Crippen molar-refractivity contribution in [3.05, 3.63) is 48.6 Å². The van der Waals surface area contributed by atoms with Crippen molar-refractivity contribution in [3.63, 3.8) is 0 Å². The van der Waals surface area contributed by atoms with E-state index in [1.807, 2.05) is 13.0 Å². The molecule has 1 unspecified atom stereocenters. The Labute approximate surface area is 274 Å². The molecule has 12 heteroatoms. The third-order valence-corrected chi connectivity index (χ3v) is 9.01. The molecule has 0 aromatic heterocycles. The van der Waals surface area contributed by atoms with Gasteiger partial charge in [0.15, 0.2) is 0 Å². The maximum Gasteiger partial charge on any atom is 0.469 e. The second kappa shape index (κ2) is 20.3. The van der Waals surface area contributed by atoms with Gasteiger partial charge < -0.3 is 35.2 Å². The van der Waals surface area contributed by atoms with E-state index >= 15 is 0 Å². The summed E-state index contributed by atoms with van der Waals surface area (Å²) in [6, 6.07) is 0.